The van der Waals surface area contributed by atoms with Crippen molar-refractivity contribution >= 4 is 65.7 Å². The second kappa shape index (κ2) is 12.3. The Labute approximate surface area is 325 Å². The summed E-state index contributed by atoms with van der Waals surface area (Å²) in [5, 5.41) is 6.52. The monoisotopic (exact) mass is 730 g/mol. The molecule has 4 aromatic heterocycles. The van der Waals surface area contributed by atoms with Crippen LogP contribution >= 0.6 is 0 Å². The summed E-state index contributed by atoms with van der Waals surface area (Å²) in [7, 11) is 0. The van der Waals surface area contributed by atoms with Gasteiger partial charge in [-0.25, -0.2) is 15.0 Å². The van der Waals surface area contributed by atoms with Crippen LogP contribution in [0.1, 0.15) is 0 Å². The number of nitrogens with zero attached hydrogens (tertiary/aromatic N) is 4. The van der Waals surface area contributed by atoms with Crippen molar-refractivity contribution in [3.8, 4) is 51.0 Å². The van der Waals surface area contributed by atoms with Gasteiger partial charge in [-0.3, -0.25) is 0 Å². The van der Waals surface area contributed by atoms with E-state index in [0.29, 0.717) is 17.5 Å². The van der Waals surface area contributed by atoms with Gasteiger partial charge >= 0.3 is 0 Å². The smallest absolute Gasteiger partial charge is 0.167 e. The molecule has 0 aliphatic heterocycles. The SMILES string of the molecule is c1ccc(-c2ccc3c(c2)oc2cc(-n4c5ccccc5c5cc(-c6nc(-c7ccccc7)nc(-c7cccc8c7oc7ccccc78)n6)ccc54)ccc23)cc1. The summed E-state index contributed by atoms with van der Waals surface area (Å²) in [6.07, 6.45) is 0. The summed E-state index contributed by atoms with van der Waals surface area (Å²) in [4.78, 5) is 15.3. The van der Waals surface area contributed by atoms with Crippen molar-refractivity contribution in [2.75, 3.05) is 0 Å². The summed E-state index contributed by atoms with van der Waals surface area (Å²) < 4.78 is 15.3. The summed E-state index contributed by atoms with van der Waals surface area (Å²) in [6.45, 7) is 0. The van der Waals surface area contributed by atoms with Crippen LogP contribution in [0.25, 0.3) is 117 Å². The topological polar surface area (TPSA) is 69.9 Å². The lowest BCUT2D eigenvalue weighted by Crippen LogP contribution is -2.00. The Morgan fingerprint density at radius 2 is 0.947 bits per heavy atom. The van der Waals surface area contributed by atoms with E-state index in [1.165, 1.54) is 5.56 Å². The van der Waals surface area contributed by atoms with Crippen LogP contribution in [0.5, 0.6) is 0 Å². The van der Waals surface area contributed by atoms with Crippen molar-refractivity contribution in [2.24, 2.45) is 0 Å². The lowest BCUT2D eigenvalue weighted by Gasteiger charge is -2.10. The van der Waals surface area contributed by atoms with Crippen LogP contribution in [0.3, 0.4) is 0 Å². The summed E-state index contributed by atoms with van der Waals surface area (Å²) in [6, 6.07) is 62.7. The third-order valence-electron chi connectivity index (χ3n) is 11.1. The zero-order valence-corrected chi connectivity index (χ0v) is 30.4. The number of hydrogen-bond acceptors (Lipinski definition) is 5. The van der Waals surface area contributed by atoms with E-state index in [9.17, 15) is 0 Å². The van der Waals surface area contributed by atoms with Crippen LogP contribution in [-0.2, 0) is 0 Å². The largest absolute Gasteiger partial charge is 0.456 e. The van der Waals surface area contributed by atoms with E-state index >= 15 is 0 Å². The van der Waals surface area contributed by atoms with Gasteiger partial charge in [0.2, 0.25) is 0 Å². The number of aromatic nitrogens is 4. The Hall–Kier alpha value is -7.83. The number of furan rings is 2. The van der Waals surface area contributed by atoms with Gasteiger partial charge in [-0.15, -0.1) is 0 Å². The summed E-state index contributed by atoms with van der Waals surface area (Å²) in [5.74, 6) is 1.74. The molecule has 0 spiro atoms. The molecule has 57 heavy (non-hydrogen) atoms. The standard InChI is InChI=1S/C51H30N4O2/c1-3-12-31(13-4-1)33-22-25-38-39-26-24-35(30-47(39)56-46(38)29-33)55-43-20-9-7-16-36(43)42-28-34(23-27-44(42)55)50-52-49(32-14-5-2-6-15-32)53-51(54-50)41-19-11-18-40-37-17-8-10-21-45(37)57-48(40)41/h1-30H. The first kappa shape index (κ1) is 31.5. The lowest BCUT2D eigenvalue weighted by molar-refractivity contribution is 0.668. The van der Waals surface area contributed by atoms with Gasteiger partial charge in [0, 0.05) is 55.2 Å². The predicted octanol–water partition coefficient (Wildman–Crippen LogP) is 13.4. The zero-order chi connectivity index (χ0) is 37.5. The molecule has 0 radical (unpaired) electrons. The normalized spacial score (nSPS) is 11.9. The van der Waals surface area contributed by atoms with Crippen LogP contribution in [0, 0.1) is 0 Å². The average molecular weight is 731 g/mol. The Kier molecular flexibility index (Phi) is 6.83. The fourth-order valence-electron chi connectivity index (χ4n) is 8.37. The van der Waals surface area contributed by atoms with E-state index < -0.39 is 0 Å². The molecule has 0 unspecified atom stereocenters. The second-order valence-corrected chi connectivity index (χ2v) is 14.4. The van der Waals surface area contributed by atoms with E-state index in [4.69, 9.17) is 23.8 Å². The molecule has 0 saturated heterocycles. The highest BCUT2D eigenvalue weighted by Gasteiger charge is 2.20. The van der Waals surface area contributed by atoms with Gasteiger partial charge in [-0.05, 0) is 71.8 Å². The van der Waals surface area contributed by atoms with Crippen molar-refractivity contribution in [3.05, 3.63) is 182 Å². The molecule has 12 aromatic rings. The van der Waals surface area contributed by atoms with E-state index in [1.807, 2.05) is 66.7 Å². The highest BCUT2D eigenvalue weighted by Crippen LogP contribution is 2.39. The van der Waals surface area contributed by atoms with Crippen LogP contribution in [-0.4, -0.2) is 19.5 Å². The molecule has 0 bridgehead atoms. The molecule has 6 nitrogen and oxygen atoms in total. The molecule has 0 atom stereocenters. The summed E-state index contributed by atoms with van der Waals surface area (Å²) >= 11 is 0. The minimum atomic E-state index is 0.557. The van der Waals surface area contributed by atoms with Gasteiger partial charge in [-0.2, -0.15) is 0 Å². The van der Waals surface area contributed by atoms with Gasteiger partial charge in [0.1, 0.15) is 22.3 Å². The fraction of sp³-hybridized carbons (Fsp3) is 0. The number of hydrogen-bond donors (Lipinski definition) is 0. The van der Waals surface area contributed by atoms with E-state index in [0.717, 1.165) is 93.6 Å². The van der Waals surface area contributed by atoms with Crippen LogP contribution in [0.4, 0.5) is 0 Å². The summed E-state index contributed by atoms with van der Waals surface area (Å²) in [5.41, 5.74) is 11.4. The fourth-order valence-corrected chi connectivity index (χ4v) is 8.37. The molecule has 6 heteroatoms. The maximum Gasteiger partial charge on any atom is 0.167 e. The number of para-hydroxylation sites is 3. The van der Waals surface area contributed by atoms with Crippen molar-refractivity contribution in [1.82, 2.24) is 19.5 Å². The van der Waals surface area contributed by atoms with Crippen molar-refractivity contribution < 1.29 is 8.83 Å². The molecular formula is C51H30N4O2. The maximum atomic E-state index is 6.55. The Morgan fingerprint density at radius 3 is 1.79 bits per heavy atom. The Morgan fingerprint density at radius 1 is 0.333 bits per heavy atom. The molecule has 4 heterocycles. The average Bonchev–Trinajstić information content (AvgIpc) is 3.95. The highest BCUT2D eigenvalue weighted by molar-refractivity contribution is 6.12. The molecule has 0 amide bonds. The molecule has 0 aliphatic carbocycles. The van der Waals surface area contributed by atoms with E-state index in [1.54, 1.807) is 0 Å². The van der Waals surface area contributed by atoms with Crippen molar-refractivity contribution in [1.29, 1.82) is 0 Å². The number of fused-ring (bicyclic) bond motifs is 9. The molecule has 12 rings (SSSR count). The predicted molar refractivity (Wildman–Crippen MR) is 230 cm³/mol. The van der Waals surface area contributed by atoms with E-state index in [2.05, 4.69) is 120 Å². The van der Waals surface area contributed by atoms with Crippen molar-refractivity contribution in [2.45, 2.75) is 0 Å². The minimum absolute atomic E-state index is 0.557. The van der Waals surface area contributed by atoms with Crippen molar-refractivity contribution in [3.63, 3.8) is 0 Å². The molecule has 0 saturated carbocycles. The Bertz CT molecular complexity index is 3530. The molecule has 0 aliphatic rings. The molecule has 0 N–H and O–H groups in total. The molecule has 0 fully saturated rings. The third kappa shape index (κ3) is 5.01. The molecule has 8 aromatic carbocycles. The first-order valence-corrected chi connectivity index (χ1v) is 19.0. The third-order valence-corrected chi connectivity index (χ3v) is 11.1. The number of rotatable bonds is 5. The number of benzene rings is 8. The minimum Gasteiger partial charge on any atom is -0.456 e. The van der Waals surface area contributed by atoms with Crippen LogP contribution < -0.4 is 0 Å². The van der Waals surface area contributed by atoms with Crippen LogP contribution in [0.2, 0.25) is 0 Å². The van der Waals surface area contributed by atoms with Gasteiger partial charge in [0.15, 0.2) is 17.5 Å². The first-order valence-electron chi connectivity index (χ1n) is 19.0. The van der Waals surface area contributed by atoms with Gasteiger partial charge < -0.3 is 13.4 Å². The highest BCUT2D eigenvalue weighted by atomic mass is 16.3. The maximum absolute atomic E-state index is 6.55. The van der Waals surface area contributed by atoms with Gasteiger partial charge in [0.25, 0.3) is 0 Å². The first-order chi connectivity index (χ1) is 28.2. The lowest BCUT2D eigenvalue weighted by atomic mass is 10.0. The second-order valence-electron chi connectivity index (χ2n) is 14.4. The zero-order valence-electron chi connectivity index (χ0n) is 30.4. The molecule has 266 valence electrons. The van der Waals surface area contributed by atoms with Crippen LogP contribution in [0.15, 0.2) is 191 Å². The van der Waals surface area contributed by atoms with Gasteiger partial charge in [-0.1, -0.05) is 115 Å². The van der Waals surface area contributed by atoms with Gasteiger partial charge in [0.05, 0.1) is 16.6 Å². The quantitative estimate of drug-likeness (QED) is 0.176. The Balaban J connectivity index is 1.02. The molecular weight excluding hydrogens is 701 g/mol. The van der Waals surface area contributed by atoms with E-state index in [-0.39, 0.29) is 0 Å².